The number of aromatic nitrogens is 3. The van der Waals surface area contributed by atoms with Crippen molar-refractivity contribution >= 4 is 22.4 Å². The predicted octanol–water partition coefficient (Wildman–Crippen LogP) is 4.53. The molecule has 4 rings (SSSR count). The Bertz CT molecular complexity index is 1320. The van der Waals surface area contributed by atoms with E-state index in [1.807, 2.05) is 55.7 Å². The van der Waals surface area contributed by atoms with Crippen molar-refractivity contribution in [3.05, 3.63) is 88.4 Å². The van der Waals surface area contributed by atoms with E-state index in [1.54, 1.807) is 18.3 Å². The summed E-state index contributed by atoms with van der Waals surface area (Å²) >= 11 is 0. The van der Waals surface area contributed by atoms with Gasteiger partial charge in [-0.3, -0.25) is 9.59 Å². The van der Waals surface area contributed by atoms with Gasteiger partial charge < -0.3 is 9.88 Å². The first-order valence-electron chi connectivity index (χ1n) is 10.1. The van der Waals surface area contributed by atoms with Gasteiger partial charge in [0.05, 0.1) is 17.3 Å². The smallest absolute Gasteiger partial charge is 0.281 e. The number of para-hydroxylation sites is 1. The lowest BCUT2D eigenvalue weighted by molar-refractivity contribution is -0.119. The van der Waals surface area contributed by atoms with Gasteiger partial charge in [0.25, 0.3) is 5.56 Å². The van der Waals surface area contributed by atoms with E-state index < -0.39 is 11.9 Å². The van der Waals surface area contributed by atoms with Crippen molar-refractivity contribution in [3.63, 3.8) is 0 Å². The molecule has 6 nitrogen and oxygen atoms in total. The molecule has 0 aliphatic heterocycles. The Morgan fingerprint density at radius 2 is 1.84 bits per heavy atom. The van der Waals surface area contributed by atoms with Gasteiger partial charge in [-0.1, -0.05) is 31.2 Å². The number of anilines is 1. The molecule has 2 heterocycles. The molecule has 0 aliphatic rings. The standard InChI is InChI=1S/C24H23FN4O2/c1-4-21(23(30)27-18-10-8-9-17(25)13-18)28-15(2)20-14-26-29(19-11-6-5-7-12-19)24(31)22(20)16(28)3/h5-14,21H,4H2,1-3H3,(H,27,30). The molecule has 4 aromatic rings. The van der Waals surface area contributed by atoms with Gasteiger partial charge in [-0.05, 0) is 50.6 Å². The average Bonchev–Trinajstić information content (AvgIpc) is 3.01. The molecule has 158 valence electrons. The highest BCUT2D eigenvalue weighted by atomic mass is 19.1. The number of nitrogens with zero attached hydrogens (tertiary/aromatic N) is 3. The van der Waals surface area contributed by atoms with Crippen LogP contribution in [0.5, 0.6) is 0 Å². The highest BCUT2D eigenvalue weighted by Crippen LogP contribution is 2.28. The molecule has 1 atom stereocenters. The summed E-state index contributed by atoms with van der Waals surface area (Å²) in [5, 5.41) is 8.38. The van der Waals surface area contributed by atoms with E-state index in [0.29, 0.717) is 34.3 Å². The van der Waals surface area contributed by atoms with Crippen LogP contribution in [0.4, 0.5) is 10.1 Å². The van der Waals surface area contributed by atoms with Crippen LogP contribution in [-0.2, 0) is 4.79 Å². The second kappa shape index (κ2) is 8.18. The summed E-state index contributed by atoms with van der Waals surface area (Å²) in [6.45, 7) is 5.62. The van der Waals surface area contributed by atoms with Crippen LogP contribution in [0.3, 0.4) is 0 Å². The fourth-order valence-electron chi connectivity index (χ4n) is 4.08. The SMILES string of the molecule is CCC(C(=O)Nc1cccc(F)c1)n1c(C)c2cnn(-c3ccccc3)c(=O)c2c1C. The molecule has 0 bridgehead atoms. The van der Waals surface area contributed by atoms with Crippen molar-refractivity contribution in [1.82, 2.24) is 14.3 Å². The van der Waals surface area contributed by atoms with Crippen LogP contribution >= 0.6 is 0 Å². The minimum atomic E-state index is -0.555. The van der Waals surface area contributed by atoms with Crippen molar-refractivity contribution in [1.29, 1.82) is 0 Å². The summed E-state index contributed by atoms with van der Waals surface area (Å²) in [5.74, 6) is -0.687. The molecule has 1 unspecified atom stereocenters. The van der Waals surface area contributed by atoms with E-state index in [-0.39, 0.29) is 11.5 Å². The Hall–Kier alpha value is -3.74. The number of nitrogens with one attached hydrogen (secondary N) is 1. The lowest BCUT2D eigenvalue weighted by Gasteiger charge is -2.20. The van der Waals surface area contributed by atoms with E-state index in [2.05, 4.69) is 10.4 Å². The maximum absolute atomic E-state index is 13.5. The molecule has 2 aromatic carbocycles. The van der Waals surface area contributed by atoms with Crippen LogP contribution in [0.2, 0.25) is 0 Å². The first kappa shape index (κ1) is 20.5. The van der Waals surface area contributed by atoms with Crippen molar-refractivity contribution in [2.24, 2.45) is 0 Å². The number of aryl methyl sites for hydroxylation is 2. The molecule has 0 fully saturated rings. The molecule has 0 saturated carbocycles. The largest absolute Gasteiger partial charge is 0.335 e. The summed E-state index contributed by atoms with van der Waals surface area (Å²) in [6.07, 6.45) is 2.17. The molecule has 0 radical (unpaired) electrons. The summed E-state index contributed by atoms with van der Waals surface area (Å²) in [6, 6.07) is 14.4. The second-order valence-corrected chi connectivity index (χ2v) is 7.45. The Labute approximate surface area is 178 Å². The molecular formula is C24H23FN4O2. The third-order valence-corrected chi connectivity index (χ3v) is 5.55. The fourth-order valence-corrected chi connectivity index (χ4v) is 4.08. The van der Waals surface area contributed by atoms with Crippen LogP contribution in [-0.4, -0.2) is 20.3 Å². The molecular weight excluding hydrogens is 395 g/mol. The topological polar surface area (TPSA) is 68.9 Å². The Balaban J connectivity index is 1.80. The van der Waals surface area contributed by atoms with Gasteiger partial charge in [0.2, 0.25) is 5.91 Å². The number of amides is 1. The Morgan fingerprint density at radius 3 is 2.52 bits per heavy atom. The molecule has 31 heavy (non-hydrogen) atoms. The molecule has 0 aliphatic carbocycles. The van der Waals surface area contributed by atoms with Gasteiger partial charge in [-0.15, -0.1) is 0 Å². The number of halogens is 1. The van der Waals surface area contributed by atoms with E-state index in [1.165, 1.54) is 16.8 Å². The first-order valence-corrected chi connectivity index (χ1v) is 10.1. The fraction of sp³-hybridized carbons (Fsp3) is 0.208. The normalized spacial score (nSPS) is 12.1. The quantitative estimate of drug-likeness (QED) is 0.518. The summed E-state index contributed by atoms with van der Waals surface area (Å²) in [7, 11) is 0. The van der Waals surface area contributed by atoms with Gasteiger partial charge in [-0.25, -0.2) is 4.39 Å². The van der Waals surface area contributed by atoms with Gasteiger partial charge >= 0.3 is 0 Å². The second-order valence-electron chi connectivity index (χ2n) is 7.45. The molecule has 1 N–H and O–H groups in total. The zero-order chi connectivity index (χ0) is 22.1. The summed E-state index contributed by atoms with van der Waals surface area (Å²) in [5.41, 5.74) is 2.33. The minimum absolute atomic E-state index is 0.233. The number of benzene rings is 2. The van der Waals surface area contributed by atoms with Crippen LogP contribution in [0, 0.1) is 19.7 Å². The monoisotopic (exact) mass is 418 g/mol. The lowest BCUT2D eigenvalue weighted by atomic mass is 10.1. The van der Waals surface area contributed by atoms with Gasteiger partial charge in [-0.2, -0.15) is 9.78 Å². The molecule has 1 amide bonds. The highest BCUT2D eigenvalue weighted by Gasteiger charge is 2.26. The third kappa shape index (κ3) is 3.63. The van der Waals surface area contributed by atoms with Crippen LogP contribution in [0.25, 0.3) is 16.5 Å². The predicted molar refractivity (Wildman–Crippen MR) is 119 cm³/mol. The molecule has 2 aromatic heterocycles. The first-order chi connectivity index (χ1) is 14.9. The van der Waals surface area contributed by atoms with Crippen molar-refractivity contribution in [3.8, 4) is 5.69 Å². The minimum Gasteiger partial charge on any atom is -0.335 e. The number of fused-ring (bicyclic) bond motifs is 1. The van der Waals surface area contributed by atoms with Crippen molar-refractivity contribution in [2.75, 3.05) is 5.32 Å². The van der Waals surface area contributed by atoms with E-state index in [4.69, 9.17) is 0 Å². The average molecular weight is 418 g/mol. The van der Waals surface area contributed by atoms with E-state index in [0.717, 1.165) is 5.69 Å². The van der Waals surface area contributed by atoms with Crippen LogP contribution in [0.15, 0.2) is 65.6 Å². The lowest BCUT2D eigenvalue weighted by Crippen LogP contribution is -2.27. The number of hydrogen-bond donors (Lipinski definition) is 1. The Morgan fingerprint density at radius 1 is 1.10 bits per heavy atom. The number of carbonyl (C=O) groups excluding carboxylic acids is 1. The molecule has 0 spiro atoms. The third-order valence-electron chi connectivity index (χ3n) is 5.55. The van der Waals surface area contributed by atoms with Gasteiger partial charge in [0.1, 0.15) is 11.9 Å². The van der Waals surface area contributed by atoms with Gasteiger partial charge in [0, 0.05) is 22.5 Å². The summed E-state index contributed by atoms with van der Waals surface area (Å²) in [4.78, 5) is 26.3. The highest BCUT2D eigenvalue weighted by molar-refractivity contribution is 5.95. The Kier molecular flexibility index (Phi) is 5.42. The van der Waals surface area contributed by atoms with Crippen molar-refractivity contribution in [2.45, 2.75) is 33.2 Å². The maximum atomic E-state index is 13.5. The number of hydrogen-bond acceptors (Lipinski definition) is 3. The van der Waals surface area contributed by atoms with Crippen LogP contribution in [0.1, 0.15) is 30.8 Å². The maximum Gasteiger partial charge on any atom is 0.281 e. The zero-order valence-electron chi connectivity index (χ0n) is 17.6. The summed E-state index contributed by atoms with van der Waals surface area (Å²) < 4.78 is 16.8. The number of carbonyl (C=O) groups is 1. The van der Waals surface area contributed by atoms with Crippen molar-refractivity contribution < 1.29 is 9.18 Å². The van der Waals surface area contributed by atoms with E-state index in [9.17, 15) is 14.0 Å². The molecule has 7 heteroatoms. The van der Waals surface area contributed by atoms with E-state index >= 15 is 0 Å². The number of rotatable bonds is 5. The van der Waals surface area contributed by atoms with Crippen LogP contribution < -0.4 is 10.9 Å². The zero-order valence-corrected chi connectivity index (χ0v) is 17.6. The molecule has 0 saturated heterocycles. The van der Waals surface area contributed by atoms with Gasteiger partial charge in [0.15, 0.2) is 0 Å².